The number of nitrogens with zero attached hydrogens (tertiary/aromatic N) is 2. The van der Waals surface area contributed by atoms with E-state index in [1.165, 1.54) is 16.8 Å². The van der Waals surface area contributed by atoms with Crippen molar-refractivity contribution in [1.29, 1.82) is 0 Å². The number of carboxylic acid groups (broad SMARTS) is 1. The average molecular weight is 380 g/mol. The maximum Gasteiger partial charge on any atom is 0.335 e. The Balaban J connectivity index is 1.70. The Morgan fingerprint density at radius 3 is 2.61 bits per heavy atom. The van der Waals surface area contributed by atoms with E-state index in [-0.39, 0.29) is 5.54 Å². The van der Waals surface area contributed by atoms with Gasteiger partial charge >= 0.3 is 5.97 Å². The highest BCUT2D eigenvalue weighted by Gasteiger charge is 2.37. The molecule has 0 bridgehead atoms. The van der Waals surface area contributed by atoms with Crippen molar-refractivity contribution in [1.82, 2.24) is 0 Å². The van der Waals surface area contributed by atoms with Gasteiger partial charge < -0.3 is 19.6 Å². The number of benzene rings is 2. The number of hydrogen-bond acceptors (Lipinski definition) is 4. The summed E-state index contributed by atoms with van der Waals surface area (Å²) in [6.45, 7) is 7.86. The standard InChI is InChI=1S/C23H28N2O3/c1-16-12-19(15-20(13-16)25-8-10-28-11-9-25)23(2)7-6-17-14-18(22(26)27)4-5-21(17)24(23)3/h4-5,12-15H,6-11H2,1-3H3,(H,26,27). The number of hydrogen-bond donors (Lipinski definition) is 1. The highest BCUT2D eigenvalue weighted by molar-refractivity contribution is 5.88. The number of morpholine rings is 1. The number of aryl methyl sites for hydroxylation is 2. The van der Waals surface area contributed by atoms with Gasteiger partial charge in [0.2, 0.25) is 0 Å². The highest BCUT2D eigenvalue weighted by Crippen LogP contribution is 2.43. The van der Waals surface area contributed by atoms with Gasteiger partial charge in [-0.15, -0.1) is 0 Å². The second-order valence-electron chi connectivity index (χ2n) is 8.14. The predicted molar refractivity (Wildman–Crippen MR) is 112 cm³/mol. The van der Waals surface area contributed by atoms with Crippen LogP contribution in [0.2, 0.25) is 0 Å². The molecular formula is C23H28N2O3. The lowest BCUT2D eigenvalue weighted by atomic mass is 9.79. The molecule has 5 heteroatoms. The van der Waals surface area contributed by atoms with Crippen molar-refractivity contribution in [2.24, 2.45) is 0 Å². The van der Waals surface area contributed by atoms with E-state index in [1.807, 2.05) is 12.1 Å². The number of aromatic carboxylic acids is 1. The molecule has 0 aromatic heterocycles. The number of rotatable bonds is 3. The molecule has 1 fully saturated rings. The summed E-state index contributed by atoms with van der Waals surface area (Å²) in [4.78, 5) is 16.0. The predicted octanol–water partition coefficient (Wildman–Crippen LogP) is 3.83. The Morgan fingerprint density at radius 2 is 1.89 bits per heavy atom. The maximum absolute atomic E-state index is 11.3. The van der Waals surface area contributed by atoms with E-state index in [9.17, 15) is 9.90 Å². The van der Waals surface area contributed by atoms with Crippen molar-refractivity contribution < 1.29 is 14.6 Å². The SMILES string of the molecule is Cc1cc(N2CCOCC2)cc(C2(C)CCc3cc(C(=O)O)ccc3N2C)c1. The lowest BCUT2D eigenvalue weighted by Gasteiger charge is -2.46. The Kier molecular flexibility index (Phi) is 4.79. The summed E-state index contributed by atoms with van der Waals surface area (Å²) in [7, 11) is 2.12. The van der Waals surface area contributed by atoms with Crippen molar-refractivity contribution in [3.8, 4) is 0 Å². The first-order chi connectivity index (χ1) is 13.4. The van der Waals surface area contributed by atoms with Gasteiger partial charge in [0.15, 0.2) is 0 Å². The number of carbonyl (C=O) groups is 1. The lowest BCUT2D eigenvalue weighted by Crippen LogP contribution is -2.45. The number of ether oxygens (including phenoxy) is 1. The largest absolute Gasteiger partial charge is 0.478 e. The fourth-order valence-corrected chi connectivity index (χ4v) is 4.47. The third-order valence-corrected chi connectivity index (χ3v) is 6.37. The van der Waals surface area contributed by atoms with E-state index in [0.29, 0.717) is 5.56 Å². The summed E-state index contributed by atoms with van der Waals surface area (Å²) in [5, 5.41) is 9.29. The van der Waals surface area contributed by atoms with Gasteiger partial charge in [-0.25, -0.2) is 4.79 Å². The van der Waals surface area contributed by atoms with Crippen LogP contribution in [0.15, 0.2) is 36.4 Å². The summed E-state index contributed by atoms with van der Waals surface area (Å²) in [5.41, 5.74) is 6.30. The van der Waals surface area contributed by atoms with Gasteiger partial charge in [0, 0.05) is 31.5 Å². The van der Waals surface area contributed by atoms with Gasteiger partial charge in [0.05, 0.1) is 24.3 Å². The quantitative estimate of drug-likeness (QED) is 0.877. The molecular weight excluding hydrogens is 352 g/mol. The zero-order valence-electron chi connectivity index (χ0n) is 16.9. The van der Waals surface area contributed by atoms with Crippen LogP contribution in [-0.2, 0) is 16.7 Å². The fourth-order valence-electron chi connectivity index (χ4n) is 4.47. The minimum Gasteiger partial charge on any atom is -0.478 e. The fraction of sp³-hybridized carbons (Fsp3) is 0.435. The first kappa shape index (κ1) is 18.8. The summed E-state index contributed by atoms with van der Waals surface area (Å²) < 4.78 is 5.51. The number of carboxylic acids is 1. The molecule has 0 saturated carbocycles. The molecule has 0 amide bonds. The third-order valence-electron chi connectivity index (χ3n) is 6.37. The molecule has 28 heavy (non-hydrogen) atoms. The van der Waals surface area contributed by atoms with Crippen LogP contribution < -0.4 is 9.80 Å². The van der Waals surface area contributed by atoms with E-state index in [0.717, 1.165) is 50.4 Å². The first-order valence-corrected chi connectivity index (χ1v) is 9.93. The number of fused-ring (bicyclic) bond motifs is 1. The molecule has 2 aromatic carbocycles. The third kappa shape index (κ3) is 3.24. The Bertz CT molecular complexity index is 905. The Morgan fingerprint density at radius 1 is 1.14 bits per heavy atom. The molecule has 2 aliphatic heterocycles. The molecule has 2 heterocycles. The molecule has 1 atom stereocenters. The molecule has 1 N–H and O–H groups in total. The van der Waals surface area contributed by atoms with Gasteiger partial charge in [0.25, 0.3) is 0 Å². The van der Waals surface area contributed by atoms with Crippen LogP contribution in [0.25, 0.3) is 0 Å². The van der Waals surface area contributed by atoms with Gasteiger partial charge in [0.1, 0.15) is 0 Å². The maximum atomic E-state index is 11.3. The van der Waals surface area contributed by atoms with Crippen molar-refractivity contribution in [2.45, 2.75) is 32.2 Å². The van der Waals surface area contributed by atoms with Crippen LogP contribution in [0, 0.1) is 6.92 Å². The Labute approximate surface area is 166 Å². The van der Waals surface area contributed by atoms with E-state index in [4.69, 9.17) is 4.74 Å². The normalized spacial score (nSPS) is 22.1. The van der Waals surface area contributed by atoms with E-state index in [2.05, 4.69) is 48.9 Å². The Hall–Kier alpha value is -2.53. The van der Waals surface area contributed by atoms with E-state index in [1.54, 1.807) is 6.07 Å². The van der Waals surface area contributed by atoms with Crippen molar-refractivity contribution in [3.05, 3.63) is 58.7 Å². The van der Waals surface area contributed by atoms with Gasteiger partial charge in [-0.2, -0.15) is 0 Å². The molecule has 0 aliphatic carbocycles. The van der Waals surface area contributed by atoms with Crippen LogP contribution >= 0.6 is 0 Å². The average Bonchev–Trinajstić information content (AvgIpc) is 2.71. The number of anilines is 2. The smallest absolute Gasteiger partial charge is 0.335 e. The lowest BCUT2D eigenvalue weighted by molar-refractivity contribution is 0.0696. The molecule has 1 unspecified atom stereocenters. The molecule has 2 aliphatic rings. The van der Waals surface area contributed by atoms with Crippen LogP contribution in [0.1, 0.15) is 40.4 Å². The van der Waals surface area contributed by atoms with Crippen molar-refractivity contribution >= 4 is 17.3 Å². The molecule has 2 aromatic rings. The molecule has 148 valence electrons. The van der Waals surface area contributed by atoms with Crippen molar-refractivity contribution in [2.75, 3.05) is 43.2 Å². The minimum atomic E-state index is -0.868. The van der Waals surface area contributed by atoms with Crippen LogP contribution in [0.4, 0.5) is 11.4 Å². The summed E-state index contributed by atoms with van der Waals surface area (Å²) in [6.07, 6.45) is 1.82. The summed E-state index contributed by atoms with van der Waals surface area (Å²) in [6, 6.07) is 12.4. The van der Waals surface area contributed by atoms with Crippen LogP contribution in [-0.4, -0.2) is 44.4 Å². The summed E-state index contributed by atoms with van der Waals surface area (Å²) in [5.74, 6) is -0.868. The molecule has 1 saturated heterocycles. The van der Waals surface area contributed by atoms with E-state index >= 15 is 0 Å². The van der Waals surface area contributed by atoms with Gasteiger partial charge in [-0.05, 0) is 73.7 Å². The molecule has 5 nitrogen and oxygen atoms in total. The topological polar surface area (TPSA) is 53.0 Å². The zero-order valence-corrected chi connectivity index (χ0v) is 16.9. The monoisotopic (exact) mass is 380 g/mol. The van der Waals surface area contributed by atoms with Crippen molar-refractivity contribution in [3.63, 3.8) is 0 Å². The second kappa shape index (κ2) is 7.13. The second-order valence-corrected chi connectivity index (χ2v) is 8.14. The highest BCUT2D eigenvalue weighted by atomic mass is 16.5. The van der Waals surface area contributed by atoms with Crippen LogP contribution in [0.3, 0.4) is 0 Å². The summed E-state index contributed by atoms with van der Waals surface area (Å²) >= 11 is 0. The minimum absolute atomic E-state index is 0.134. The molecule has 4 rings (SSSR count). The van der Waals surface area contributed by atoms with Crippen LogP contribution in [0.5, 0.6) is 0 Å². The van der Waals surface area contributed by atoms with Gasteiger partial charge in [-0.3, -0.25) is 0 Å². The van der Waals surface area contributed by atoms with E-state index < -0.39 is 5.97 Å². The molecule has 0 spiro atoms. The molecule has 0 radical (unpaired) electrons. The zero-order chi connectivity index (χ0) is 19.9. The van der Waals surface area contributed by atoms with Gasteiger partial charge in [-0.1, -0.05) is 6.07 Å². The first-order valence-electron chi connectivity index (χ1n) is 9.93.